The van der Waals surface area contributed by atoms with Gasteiger partial charge in [0.25, 0.3) is 0 Å². The van der Waals surface area contributed by atoms with Crippen molar-refractivity contribution < 1.29 is 15.0 Å². The standard InChI is InChI=1S/C22H20O3/c23-20(18-14-8-3-9-15-18)22(25)21(24)19(16-10-4-1-5-11-16)17-12-6-2-7-13-17/h1-15,19-20,22-23,25H/t20?,22-/m1/s1. The zero-order valence-corrected chi connectivity index (χ0v) is 13.7. The Morgan fingerprint density at radius 3 is 1.36 bits per heavy atom. The van der Waals surface area contributed by atoms with Crippen LogP contribution in [-0.4, -0.2) is 22.1 Å². The van der Waals surface area contributed by atoms with E-state index in [-0.39, 0.29) is 0 Å². The van der Waals surface area contributed by atoms with E-state index in [0.29, 0.717) is 5.56 Å². The second kappa shape index (κ2) is 7.88. The minimum Gasteiger partial charge on any atom is -0.385 e. The van der Waals surface area contributed by atoms with Gasteiger partial charge in [-0.05, 0) is 16.7 Å². The highest BCUT2D eigenvalue weighted by atomic mass is 16.3. The smallest absolute Gasteiger partial charge is 0.176 e. The normalized spacial score (nSPS) is 13.4. The summed E-state index contributed by atoms with van der Waals surface area (Å²) >= 11 is 0. The van der Waals surface area contributed by atoms with Gasteiger partial charge in [-0.15, -0.1) is 0 Å². The van der Waals surface area contributed by atoms with Gasteiger partial charge in [-0.25, -0.2) is 0 Å². The second-order valence-corrected chi connectivity index (χ2v) is 5.96. The summed E-state index contributed by atoms with van der Waals surface area (Å²) in [5.41, 5.74) is 2.10. The number of aliphatic hydroxyl groups is 2. The van der Waals surface area contributed by atoms with Gasteiger partial charge in [0.1, 0.15) is 12.2 Å². The van der Waals surface area contributed by atoms with E-state index in [9.17, 15) is 15.0 Å². The van der Waals surface area contributed by atoms with E-state index in [0.717, 1.165) is 11.1 Å². The van der Waals surface area contributed by atoms with Crippen molar-refractivity contribution in [3.8, 4) is 0 Å². The Bertz CT molecular complexity index is 761. The van der Waals surface area contributed by atoms with Crippen LogP contribution in [0.3, 0.4) is 0 Å². The van der Waals surface area contributed by atoms with Crippen LogP contribution in [0.25, 0.3) is 0 Å². The maximum absolute atomic E-state index is 13.0. The number of hydrogen-bond acceptors (Lipinski definition) is 3. The third kappa shape index (κ3) is 3.85. The van der Waals surface area contributed by atoms with Gasteiger partial charge in [0.15, 0.2) is 5.78 Å². The van der Waals surface area contributed by atoms with Crippen molar-refractivity contribution in [2.24, 2.45) is 0 Å². The summed E-state index contributed by atoms with van der Waals surface area (Å²) in [6.07, 6.45) is -2.77. The van der Waals surface area contributed by atoms with Crippen molar-refractivity contribution in [1.82, 2.24) is 0 Å². The summed E-state index contributed by atoms with van der Waals surface area (Å²) in [7, 11) is 0. The number of hydrogen-bond donors (Lipinski definition) is 2. The molecule has 0 aliphatic rings. The third-order valence-electron chi connectivity index (χ3n) is 4.28. The molecule has 2 atom stereocenters. The number of benzene rings is 3. The highest BCUT2D eigenvalue weighted by Gasteiger charge is 2.33. The number of ketones is 1. The molecular formula is C22H20O3. The average molecular weight is 332 g/mol. The van der Waals surface area contributed by atoms with Gasteiger partial charge in [0.2, 0.25) is 0 Å². The predicted octanol–water partition coefficient (Wildman–Crippen LogP) is 3.48. The number of carbonyl (C=O) groups excluding carboxylic acids is 1. The highest BCUT2D eigenvalue weighted by Crippen LogP contribution is 2.30. The summed E-state index contributed by atoms with van der Waals surface area (Å²) < 4.78 is 0. The van der Waals surface area contributed by atoms with Crippen LogP contribution in [0.2, 0.25) is 0 Å². The minimum absolute atomic E-state index is 0.422. The molecule has 0 aliphatic carbocycles. The maximum atomic E-state index is 13.0. The lowest BCUT2D eigenvalue weighted by atomic mass is 9.83. The molecule has 0 spiro atoms. The maximum Gasteiger partial charge on any atom is 0.176 e. The summed E-state index contributed by atoms with van der Waals surface area (Å²) in [5, 5.41) is 21.0. The van der Waals surface area contributed by atoms with Crippen LogP contribution in [0, 0.1) is 0 Å². The van der Waals surface area contributed by atoms with Crippen LogP contribution in [0.5, 0.6) is 0 Å². The van der Waals surface area contributed by atoms with Gasteiger partial charge in [-0.1, -0.05) is 91.0 Å². The van der Waals surface area contributed by atoms with Gasteiger partial charge >= 0.3 is 0 Å². The largest absolute Gasteiger partial charge is 0.385 e. The van der Waals surface area contributed by atoms with Gasteiger partial charge in [0.05, 0.1) is 5.92 Å². The van der Waals surface area contributed by atoms with E-state index in [1.54, 1.807) is 24.3 Å². The van der Waals surface area contributed by atoms with Crippen LogP contribution >= 0.6 is 0 Å². The van der Waals surface area contributed by atoms with Crippen molar-refractivity contribution >= 4 is 5.78 Å². The van der Waals surface area contributed by atoms with Crippen LogP contribution in [-0.2, 0) is 4.79 Å². The number of carbonyl (C=O) groups is 1. The molecule has 0 heterocycles. The van der Waals surface area contributed by atoms with E-state index in [4.69, 9.17) is 0 Å². The number of Topliss-reactive ketones (excluding diaryl/α,β-unsaturated/α-hetero) is 1. The SMILES string of the molecule is O=C(C(c1ccccc1)c1ccccc1)[C@H](O)C(O)c1ccccc1. The van der Waals surface area contributed by atoms with Crippen molar-refractivity contribution in [2.75, 3.05) is 0 Å². The zero-order valence-electron chi connectivity index (χ0n) is 13.7. The highest BCUT2D eigenvalue weighted by molar-refractivity contribution is 5.93. The van der Waals surface area contributed by atoms with Crippen molar-refractivity contribution in [1.29, 1.82) is 0 Å². The summed E-state index contributed by atoms with van der Waals surface area (Å²) in [6.45, 7) is 0. The van der Waals surface area contributed by atoms with E-state index in [2.05, 4.69) is 0 Å². The van der Waals surface area contributed by atoms with Gasteiger partial charge in [-0.2, -0.15) is 0 Å². The molecule has 3 aromatic carbocycles. The fourth-order valence-electron chi connectivity index (χ4n) is 2.97. The molecule has 0 bridgehead atoms. The quantitative estimate of drug-likeness (QED) is 0.726. The first-order valence-corrected chi connectivity index (χ1v) is 8.23. The monoisotopic (exact) mass is 332 g/mol. The van der Waals surface area contributed by atoms with Crippen LogP contribution in [0.15, 0.2) is 91.0 Å². The van der Waals surface area contributed by atoms with Gasteiger partial charge in [0, 0.05) is 0 Å². The molecule has 0 amide bonds. The molecule has 3 heteroatoms. The van der Waals surface area contributed by atoms with Crippen LogP contribution in [0.4, 0.5) is 0 Å². The molecule has 3 nitrogen and oxygen atoms in total. The first kappa shape index (κ1) is 17.1. The molecule has 0 fully saturated rings. The Balaban J connectivity index is 1.94. The van der Waals surface area contributed by atoms with Crippen LogP contribution < -0.4 is 0 Å². The Labute approximate surface area is 147 Å². The first-order chi connectivity index (χ1) is 12.2. The van der Waals surface area contributed by atoms with Gasteiger partial charge < -0.3 is 10.2 Å². The van der Waals surface area contributed by atoms with E-state index < -0.39 is 23.9 Å². The third-order valence-corrected chi connectivity index (χ3v) is 4.28. The Morgan fingerprint density at radius 1 is 0.600 bits per heavy atom. The summed E-state index contributed by atoms with van der Waals surface area (Å²) in [6, 6.07) is 27.4. The zero-order chi connectivity index (χ0) is 17.6. The Morgan fingerprint density at radius 2 is 0.960 bits per heavy atom. The topological polar surface area (TPSA) is 57.5 Å². The molecule has 25 heavy (non-hydrogen) atoms. The lowest BCUT2D eigenvalue weighted by Gasteiger charge is -2.23. The molecule has 126 valence electrons. The molecule has 2 N–H and O–H groups in total. The molecule has 3 aromatic rings. The van der Waals surface area contributed by atoms with E-state index in [1.807, 2.05) is 66.7 Å². The summed E-state index contributed by atoms with van der Waals surface area (Å²) in [4.78, 5) is 13.0. The molecule has 0 saturated heterocycles. The van der Waals surface area contributed by atoms with E-state index >= 15 is 0 Å². The lowest BCUT2D eigenvalue weighted by molar-refractivity contribution is -0.133. The lowest BCUT2D eigenvalue weighted by Crippen LogP contribution is -2.33. The van der Waals surface area contributed by atoms with Crippen molar-refractivity contribution in [3.63, 3.8) is 0 Å². The molecular weight excluding hydrogens is 312 g/mol. The summed E-state index contributed by atoms with van der Waals surface area (Å²) in [5.74, 6) is -1.05. The second-order valence-electron chi connectivity index (χ2n) is 5.96. The molecule has 0 aliphatic heterocycles. The fourth-order valence-corrected chi connectivity index (χ4v) is 2.97. The predicted molar refractivity (Wildman–Crippen MR) is 97.1 cm³/mol. The van der Waals surface area contributed by atoms with E-state index in [1.165, 1.54) is 0 Å². The molecule has 0 aromatic heterocycles. The number of rotatable bonds is 6. The van der Waals surface area contributed by atoms with Crippen molar-refractivity contribution in [3.05, 3.63) is 108 Å². The molecule has 1 unspecified atom stereocenters. The van der Waals surface area contributed by atoms with Gasteiger partial charge in [-0.3, -0.25) is 4.79 Å². The molecule has 0 radical (unpaired) electrons. The fraction of sp³-hybridized carbons (Fsp3) is 0.136. The Hall–Kier alpha value is -2.75. The first-order valence-electron chi connectivity index (χ1n) is 8.23. The minimum atomic E-state index is -1.51. The van der Waals surface area contributed by atoms with Crippen molar-refractivity contribution in [2.45, 2.75) is 18.1 Å². The molecule has 3 rings (SSSR count). The van der Waals surface area contributed by atoms with Crippen LogP contribution in [0.1, 0.15) is 28.7 Å². The number of aliphatic hydroxyl groups excluding tert-OH is 2. The molecule has 0 saturated carbocycles. The Kier molecular flexibility index (Phi) is 5.39. The average Bonchev–Trinajstić information content (AvgIpc) is 2.69.